The summed E-state index contributed by atoms with van der Waals surface area (Å²) in [5.41, 5.74) is 1.90. The molecule has 1 fully saturated rings. The van der Waals surface area contributed by atoms with Crippen molar-refractivity contribution in [2.75, 3.05) is 37.4 Å². The molecule has 1 aliphatic rings. The number of hydrogen-bond acceptors (Lipinski definition) is 6. The van der Waals surface area contributed by atoms with Crippen LogP contribution in [0.3, 0.4) is 0 Å². The zero-order chi connectivity index (χ0) is 28.0. The summed E-state index contributed by atoms with van der Waals surface area (Å²) in [6.07, 6.45) is 4.15. The van der Waals surface area contributed by atoms with Crippen LogP contribution in [0.5, 0.6) is 0 Å². The molecule has 3 rings (SSSR count). The monoisotopic (exact) mass is 563 g/mol. The lowest BCUT2D eigenvalue weighted by Gasteiger charge is -2.33. The second-order valence-corrected chi connectivity index (χ2v) is 11.2. The first kappa shape index (κ1) is 31.5. The van der Waals surface area contributed by atoms with Gasteiger partial charge in [-0.1, -0.05) is 37.1 Å². The van der Waals surface area contributed by atoms with Gasteiger partial charge in [0.2, 0.25) is 5.91 Å². The van der Waals surface area contributed by atoms with Gasteiger partial charge in [0.15, 0.2) is 0 Å². The predicted molar refractivity (Wildman–Crippen MR) is 155 cm³/mol. The largest absolute Gasteiger partial charge is 0.395 e. The molecule has 1 heterocycles. The van der Waals surface area contributed by atoms with E-state index in [1.165, 1.54) is 18.2 Å². The van der Waals surface area contributed by atoms with Crippen molar-refractivity contribution < 1.29 is 23.4 Å². The zero-order valence-electron chi connectivity index (χ0n) is 23.1. The lowest BCUT2D eigenvalue weighted by molar-refractivity contribution is -0.117. The van der Waals surface area contributed by atoms with Gasteiger partial charge in [-0.25, -0.2) is 8.78 Å². The molecule has 6 nitrogen and oxygen atoms in total. The summed E-state index contributed by atoms with van der Waals surface area (Å²) in [6.45, 7) is 6.00. The first-order chi connectivity index (χ1) is 18.9. The minimum Gasteiger partial charge on any atom is -0.395 e. The molecule has 216 valence electrons. The average molecular weight is 564 g/mol. The summed E-state index contributed by atoms with van der Waals surface area (Å²) in [6, 6.07) is 11.3. The highest BCUT2D eigenvalue weighted by Crippen LogP contribution is 2.37. The number of aliphatic hydroxyl groups is 1. The standard InChI is InChI=1S/C30H43F2N3O3S/c1-3-17-39-35-25(20-33-14-15-36)11-12-26-28(32)5-4-6-29(26)34-30(37)19-27(22-7-9-24(31)10-8-22)23-13-16-38-21(2)18-23/h4-10,21,23,25,27,33,35-36H,3,11-20H2,1-2H3,(H,34,37). The van der Waals surface area contributed by atoms with Gasteiger partial charge in [-0.05, 0) is 80.7 Å². The smallest absolute Gasteiger partial charge is 0.225 e. The van der Waals surface area contributed by atoms with Crippen LogP contribution in [0.1, 0.15) is 63.0 Å². The van der Waals surface area contributed by atoms with E-state index in [4.69, 9.17) is 9.84 Å². The molecule has 0 spiro atoms. The molecule has 2 aromatic rings. The number of hydrogen-bond donors (Lipinski definition) is 4. The third-order valence-corrected chi connectivity index (χ3v) is 8.28. The van der Waals surface area contributed by atoms with Crippen molar-refractivity contribution in [3.63, 3.8) is 0 Å². The normalized spacial score (nSPS) is 19.0. The molecular weight excluding hydrogens is 520 g/mol. The molecule has 1 saturated heterocycles. The first-order valence-electron chi connectivity index (χ1n) is 14.0. The van der Waals surface area contributed by atoms with Crippen LogP contribution in [-0.4, -0.2) is 55.2 Å². The van der Waals surface area contributed by atoms with Crippen LogP contribution in [0.25, 0.3) is 0 Å². The Labute approximate surface area is 235 Å². The van der Waals surface area contributed by atoms with Gasteiger partial charge in [0.25, 0.3) is 0 Å². The van der Waals surface area contributed by atoms with Gasteiger partial charge in [0.05, 0.1) is 12.7 Å². The van der Waals surface area contributed by atoms with E-state index in [2.05, 4.69) is 22.3 Å². The second-order valence-electron chi connectivity index (χ2n) is 10.3. The van der Waals surface area contributed by atoms with E-state index in [0.717, 1.165) is 30.6 Å². The highest BCUT2D eigenvalue weighted by Gasteiger charge is 2.30. The van der Waals surface area contributed by atoms with Crippen molar-refractivity contribution in [3.05, 3.63) is 65.2 Å². The maximum Gasteiger partial charge on any atom is 0.225 e. The molecular formula is C30H43F2N3O3S. The van der Waals surface area contributed by atoms with Gasteiger partial charge >= 0.3 is 0 Å². The van der Waals surface area contributed by atoms with E-state index in [9.17, 15) is 13.6 Å². The number of carbonyl (C=O) groups excluding carboxylic acids is 1. The van der Waals surface area contributed by atoms with Crippen molar-refractivity contribution in [1.29, 1.82) is 0 Å². The molecule has 0 bridgehead atoms. The van der Waals surface area contributed by atoms with E-state index in [0.29, 0.717) is 43.8 Å². The number of halogens is 2. The van der Waals surface area contributed by atoms with E-state index < -0.39 is 0 Å². The third-order valence-electron chi connectivity index (χ3n) is 7.17. The van der Waals surface area contributed by atoms with Crippen molar-refractivity contribution >= 4 is 23.5 Å². The van der Waals surface area contributed by atoms with Crippen molar-refractivity contribution in [3.8, 4) is 0 Å². The molecule has 2 aromatic carbocycles. The fourth-order valence-electron chi connectivity index (χ4n) is 5.15. The molecule has 4 atom stereocenters. The molecule has 0 aliphatic carbocycles. The summed E-state index contributed by atoms with van der Waals surface area (Å²) in [7, 11) is 0. The Morgan fingerprint density at radius 1 is 1.21 bits per heavy atom. The summed E-state index contributed by atoms with van der Waals surface area (Å²) in [5, 5.41) is 15.3. The number of aliphatic hydroxyl groups excluding tert-OH is 1. The molecule has 0 saturated carbocycles. The number of carbonyl (C=O) groups is 1. The lowest BCUT2D eigenvalue weighted by atomic mass is 9.77. The molecule has 4 unspecified atom stereocenters. The van der Waals surface area contributed by atoms with Gasteiger partial charge < -0.3 is 20.5 Å². The van der Waals surface area contributed by atoms with Crippen LogP contribution in [-0.2, 0) is 16.0 Å². The van der Waals surface area contributed by atoms with E-state index in [1.54, 1.807) is 36.2 Å². The highest BCUT2D eigenvalue weighted by molar-refractivity contribution is 7.97. The van der Waals surface area contributed by atoms with Gasteiger partial charge in [-0.2, -0.15) is 0 Å². The SMILES string of the molecule is CCCSNC(CCc1c(F)cccc1NC(=O)CC(c1ccc(F)cc1)C1CCOC(C)C1)CNCCO. The van der Waals surface area contributed by atoms with Crippen LogP contribution in [0.15, 0.2) is 42.5 Å². The third kappa shape index (κ3) is 10.5. The molecule has 39 heavy (non-hydrogen) atoms. The summed E-state index contributed by atoms with van der Waals surface area (Å²) in [5.74, 6) is 0.279. The maximum absolute atomic E-state index is 15.0. The van der Waals surface area contributed by atoms with Gasteiger partial charge in [0.1, 0.15) is 11.6 Å². The van der Waals surface area contributed by atoms with E-state index >= 15 is 0 Å². The molecule has 9 heteroatoms. The highest BCUT2D eigenvalue weighted by atomic mass is 32.2. The van der Waals surface area contributed by atoms with Gasteiger partial charge in [0, 0.05) is 49.2 Å². The Kier molecular flexibility index (Phi) is 13.7. The molecule has 0 aromatic heterocycles. The maximum atomic E-state index is 15.0. The van der Waals surface area contributed by atoms with Crippen LogP contribution in [0.4, 0.5) is 14.5 Å². The molecule has 1 aliphatic heterocycles. The number of amides is 1. The minimum atomic E-state index is -0.343. The van der Waals surface area contributed by atoms with Gasteiger partial charge in [-0.15, -0.1) is 0 Å². The number of ether oxygens (including phenoxy) is 1. The molecule has 0 radical (unpaired) electrons. The van der Waals surface area contributed by atoms with E-state index in [1.807, 2.05) is 6.92 Å². The quantitative estimate of drug-likeness (QED) is 0.161. The van der Waals surface area contributed by atoms with Crippen molar-refractivity contribution in [2.45, 2.75) is 70.4 Å². The molecule has 1 amide bonds. The fourth-order valence-corrected chi connectivity index (χ4v) is 5.91. The Morgan fingerprint density at radius 2 is 2.00 bits per heavy atom. The van der Waals surface area contributed by atoms with Crippen molar-refractivity contribution in [1.82, 2.24) is 10.0 Å². The molecule has 4 N–H and O–H groups in total. The van der Waals surface area contributed by atoms with E-state index in [-0.39, 0.29) is 54.6 Å². The second kappa shape index (κ2) is 16.9. The Bertz CT molecular complexity index is 1000. The predicted octanol–water partition coefficient (Wildman–Crippen LogP) is 5.42. The van der Waals surface area contributed by atoms with Crippen LogP contribution >= 0.6 is 11.9 Å². The van der Waals surface area contributed by atoms with Crippen molar-refractivity contribution in [2.24, 2.45) is 5.92 Å². The summed E-state index contributed by atoms with van der Waals surface area (Å²) in [4.78, 5) is 13.3. The van der Waals surface area contributed by atoms with Gasteiger partial charge in [-0.3, -0.25) is 9.52 Å². The number of rotatable bonds is 16. The number of anilines is 1. The number of nitrogens with one attached hydrogen (secondary N) is 3. The fraction of sp³-hybridized carbons (Fsp3) is 0.567. The summed E-state index contributed by atoms with van der Waals surface area (Å²) >= 11 is 1.64. The van der Waals surface area contributed by atoms with Crippen LogP contribution in [0, 0.1) is 17.6 Å². The lowest BCUT2D eigenvalue weighted by Crippen LogP contribution is -2.37. The summed E-state index contributed by atoms with van der Waals surface area (Å²) < 4.78 is 37.8. The number of benzene rings is 2. The van der Waals surface area contributed by atoms with Crippen LogP contribution in [0.2, 0.25) is 0 Å². The first-order valence-corrected chi connectivity index (χ1v) is 15.0. The topological polar surface area (TPSA) is 82.6 Å². The Hall–Kier alpha value is -2.04. The zero-order valence-corrected chi connectivity index (χ0v) is 23.9. The minimum absolute atomic E-state index is 0.0595. The average Bonchev–Trinajstić information content (AvgIpc) is 2.92. The Morgan fingerprint density at radius 3 is 2.72 bits per heavy atom. The van der Waals surface area contributed by atoms with Crippen LogP contribution < -0.4 is 15.4 Å². The Balaban J connectivity index is 1.70.